The van der Waals surface area contributed by atoms with Crippen molar-refractivity contribution >= 4 is 35.6 Å². The highest BCUT2D eigenvalue weighted by atomic mass is 35.5. The van der Waals surface area contributed by atoms with Crippen LogP contribution in [-0.2, 0) is 9.53 Å². The molecular weight excluding hydrogens is 253 g/mol. The second-order valence-corrected chi connectivity index (χ2v) is 3.82. The maximum atomic E-state index is 10.6. The van der Waals surface area contributed by atoms with Gasteiger partial charge in [-0.3, -0.25) is 0 Å². The first-order valence-corrected chi connectivity index (χ1v) is 5.15. The summed E-state index contributed by atoms with van der Waals surface area (Å²) in [6.45, 7) is 0. The van der Waals surface area contributed by atoms with Gasteiger partial charge in [0.15, 0.2) is 0 Å². The van der Waals surface area contributed by atoms with Crippen LogP contribution in [0.15, 0.2) is 18.2 Å². The molecule has 0 heterocycles. The van der Waals surface area contributed by atoms with Crippen LogP contribution in [0.2, 0.25) is 10.0 Å². The number of ether oxygens (including phenoxy) is 1. The van der Waals surface area contributed by atoms with Gasteiger partial charge in [-0.25, -0.2) is 4.79 Å². The average molecular weight is 262 g/mol. The molecule has 0 aromatic heterocycles. The smallest absolute Gasteiger partial charge is 0.405 e. The number of primary amides is 1. The molecule has 0 bridgehead atoms. The highest BCUT2D eigenvalue weighted by Gasteiger charge is 2.15. The fraction of sp³-hybridized carbons (Fsp3) is 0.200. The molecule has 1 rings (SSSR count). The normalized spacial score (nSPS) is 11.9. The number of carbonyl (C=O) groups excluding carboxylic acids is 2. The van der Waals surface area contributed by atoms with E-state index < -0.39 is 12.2 Å². The summed E-state index contributed by atoms with van der Waals surface area (Å²) in [5, 5.41) is 0.706. The van der Waals surface area contributed by atoms with Gasteiger partial charge in [0.25, 0.3) is 0 Å². The Labute approximate surface area is 102 Å². The summed E-state index contributed by atoms with van der Waals surface area (Å²) in [4.78, 5) is 21.1. The molecule has 1 unspecified atom stereocenters. The SMILES string of the molecule is NC(=O)OC(CC=O)c1ccc(Cl)c(Cl)c1. The molecule has 1 aromatic rings. The van der Waals surface area contributed by atoms with E-state index in [0.717, 1.165) is 0 Å². The molecule has 0 aliphatic carbocycles. The van der Waals surface area contributed by atoms with E-state index in [1.807, 2.05) is 0 Å². The van der Waals surface area contributed by atoms with Crippen molar-refractivity contribution in [3.63, 3.8) is 0 Å². The maximum absolute atomic E-state index is 10.6. The Bertz CT molecular complexity index is 409. The first kappa shape index (κ1) is 12.8. The van der Waals surface area contributed by atoms with Gasteiger partial charge in [-0.15, -0.1) is 0 Å². The van der Waals surface area contributed by atoms with Gasteiger partial charge in [-0.2, -0.15) is 0 Å². The van der Waals surface area contributed by atoms with Crippen LogP contribution in [0, 0.1) is 0 Å². The van der Waals surface area contributed by atoms with E-state index in [0.29, 0.717) is 21.9 Å². The highest BCUT2D eigenvalue weighted by molar-refractivity contribution is 6.42. The number of rotatable bonds is 4. The van der Waals surface area contributed by atoms with E-state index in [-0.39, 0.29) is 6.42 Å². The van der Waals surface area contributed by atoms with Crippen molar-refractivity contribution in [3.05, 3.63) is 33.8 Å². The van der Waals surface area contributed by atoms with E-state index in [2.05, 4.69) is 0 Å². The van der Waals surface area contributed by atoms with Gasteiger partial charge < -0.3 is 15.3 Å². The van der Waals surface area contributed by atoms with Gasteiger partial charge >= 0.3 is 6.09 Å². The molecule has 0 spiro atoms. The fourth-order valence-corrected chi connectivity index (χ4v) is 1.50. The van der Waals surface area contributed by atoms with Gasteiger partial charge in [0.1, 0.15) is 12.4 Å². The van der Waals surface area contributed by atoms with Gasteiger partial charge in [0.05, 0.1) is 10.0 Å². The predicted molar refractivity (Wildman–Crippen MR) is 60.6 cm³/mol. The van der Waals surface area contributed by atoms with Crippen LogP contribution in [0.25, 0.3) is 0 Å². The Morgan fingerprint density at radius 3 is 2.62 bits per heavy atom. The van der Waals surface area contributed by atoms with Crippen molar-refractivity contribution in [1.29, 1.82) is 0 Å². The largest absolute Gasteiger partial charge is 0.441 e. The summed E-state index contributed by atoms with van der Waals surface area (Å²) < 4.78 is 4.78. The zero-order valence-electron chi connectivity index (χ0n) is 8.15. The van der Waals surface area contributed by atoms with Gasteiger partial charge in [0.2, 0.25) is 0 Å². The zero-order valence-corrected chi connectivity index (χ0v) is 9.66. The molecular formula is C10H9Cl2NO3. The van der Waals surface area contributed by atoms with Gasteiger partial charge in [-0.05, 0) is 17.7 Å². The molecule has 16 heavy (non-hydrogen) atoms. The van der Waals surface area contributed by atoms with Gasteiger partial charge in [-0.1, -0.05) is 29.3 Å². The minimum absolute atomic E-state index is 0.0148. The molecule has 0 fully saturated rings. The topological polar surface area (TPSA) is 69.4 Å². The number of amides is 1. The minimum atomic E-state index is -0.946. The first-order valence-electron chi connectivity index (χ1n) is 4.39. The zero-order chi connectivity index (χ0) is 12.1. The molecule has 1 atom stereocenters. The quantitative estimate of drug-likeness (QED) is 0.848. The highest BCUT2D eigenvalue weighted by Crippen LogP contribution is 2.28. The maximum Gasteiger partial charge on any atom is 0.405 e. The van der Waals surface area contributed by atoms with Crippen LogP contribution < -0.4 is 5.73 Å². The Morgan fingerprint density at radius 2 is 2.12 bits per heavy atom. The number of carbonyl (C=O) groups is 2. The average Bonchev–Trinajstić information content (AvgIpc) is 2.21. The molecule has 1 amide bonds. The van der Waals surface area contributed by atoms with Crippen LogP contribution in [0.1, 0.15) is 18.1 Å². The first-order chi connectivity index (χ1) is 7.54. The molecule has 0 radical (unpaired) electrons. The van der Waals surface area contributed by atoms with E-state index >= 15 is 0 Å². The standard InChI is InChI=1S/C10H9Cl2NO3/c11-7-2-1-6(5-8(7)12)9(3-4-14)16-10(13)15/h1-2,4-5,9H,3H2,(H2,13,15). The second-order valence-electron chi connectivity index (χ2n) is 3.00. The summed E-state index contributed by atoms with van der Waals surface area (Å²) in [5.41, 5.74) is 5.46. The number of aldehydes is 1. The Balaban J connectivity index is 2.95. The molecule has 0 aliphatic heterocycles. The molecule has 86 valence electrons. The Hall–Kier alpha value is -1.26. The lowest BCUT2D eigenvalue weighted by atomic mass is 10.1. The molecule has 6 heteroatoms. The third kappa shape index (κ3) is 3.40. The van der Waals surface area contributed by atoms with Crippen molar-refractivity contribution in [2.24, 2.45) is 5.73 Å². The van der Waals surface area contributed by atoms with E-state index in [4.69, 9.17) is 33.7 Å². The minimum Gasteiger partial charge on any atom is -0.441 e. The third-order valence-corrected chi connectivity index (χ3v) is 2.62. The number of hydrogen-bond acceptors (Lipinski definition) is 3. The molecule has 4 nitrogen and oxygen atoms in total. The number of nitrogens with two attached hydrogens (primary N) is 1. The fourth-order valence-electron chi connectivity index (χ4n) is 1.19. The lowest BCUT2D eigenvalue weighted by Gasteiger charge is -2.14. The number of halogens is 2. The van der Waals surface area contributed by atoms with Crippen molar-refractivity contribution in [2.45, 2.75) is 12.5 Å². The lowest BCUT2D eigenvalue weighted by Crippen LogP contribution is -2.17. The third-order valence-electron chi connectivity index (χ3n) is 1.88. The van der Waals surface area contributed by atoms with E-state index in [1.165, 1.54) is 6.07 Å². The van der Waals surface area contributed by atoms with Crippen molar-refractivity contribution in [3.8, 4) is 0 Å². The Kier molecular flexibility index (Phi) is 4.58. The summed E-state index contributed by atoms with van der Waals surface area (Å²) in [6, 6.07) is 4.70. The monoisotopic (exact) mass is 261 g/mol. The number of benzene rings is 1. The molecule has 0 saturated carbocycles. The summed E-state index contributed by atoms with van der Waals surface area (Å²) >= 11 is 11.5. The van der Waals surface area contributed by atoms with Crippen molar-refractivity contribution in [1.82, 2.24) is 0 Å². The van der Waals surface area contributed by atoms with Crippen LogP contribution in [0.4, 0.5) is 4.79 Å². The summed E-state index contributed by atoms with van der Waals surface area (Å²) in [5.74, 6) is 0. The van der Waals surface area contributed by atoms with Crippen molar-refractivity contribution in [2.75, 3.05) is 0 Å². The van der Waals surface area contributed by atoms with Crippen molar-refractivity contribution < 1.29 is 14.3 Å². The molecule has 2 N–H and O–H groups in total. The predicted octanol–water partition coefficient (Wildman–Crippen LogP) is 2.72. The van der Waals surface area contributed by atoms with E-state index in [1.54, 1.807) is 12.1 Å². The second kappa shape index (κ2) is 5.72. The van der Waals surface area contributed by atoms with E-state index in [9.17, 15) is 9.59 Å². The summed E-state index contributed by atoms with van der Waals surface area (Å²) in [7, 11) is 0. The lowest BCUT2D eigenvalue weighted by molar-refractivity contribution is -0.109. The van der Waals surface area contributed by atoms with Crippen LogP contribution >= 0.6 is 23.2 Å². The summed E-state index contributed by atoms with van der Waals surface area (Å²) in [6.07, 6.45) is -1.03. The van der Waals surface area contributed by atoms with Crippen LogP contribution in [-0.4, -0.2) is 12.4 Å². The van der Waals surface area contributed by atoms with Crippen LogP contribution in [0.5, 0.6) is 0 Å². The van der Waals surface area contributed by atoms with Crippen LogP contribution in [0.3, 0.4) is 0 Å². The molecule has 0 aliphatic rings. The number of hydrogen-bond donors (Lipinski definition) is 1. The Morgan fingerprint density at radius 1 is 1.44 bits per heavy atom. The molecule has 1 aromatic carbocycles. The van der Waals surface area contributed by atoms with Gasteiger partial charge in [0, 0.05) is 6.42 Å². The molecule has 0 saturated heterocycles.